The minimum atomic E-state index is -0.310. The first kappa shape index (κ1) is 12.8. The van der Waals surface area contributed by atoms with E-state index in [0.717, 1.165) is 5.56 Å². The topological polar surface area (TPSA) is 63.4 Å². The molecule has 1 fully saturated rings. The van der Waals surface area contributed by atoms with Crippen molar-refractivity contribution < 1.29 is 9.59 Å². The SMILES string of the molecule is Cc1ccc(C(N)CN2C(=O)CCC2=O)cc1C. The number of nitrogens with zero attached hydrogens (tertiary/aromatic N) is 1. The van der Waals surface area contributed by atoms with Gasteiger partial charge in [-0.3, -0.25) is 14.5 Å². The van der Waals surface area contributed by atoms with Crippen LogP contribution >= 0.6 is 0 Å². The normalized spacial score (nSPS) is 17.4. The van der Waals surface area contributed by atoms with Gasteiger partial charge in [-0.15, -0.1) is 0 Å². The summed E-state index contributed by atoms with van der Waals surface area (Å²) in [7, 11) is 0. The second-order valence-electron chi connectivity index (χ2n) is 4.85. The molecule has 4 heteroatoms. The Morgan fingerprint density at radius 1 is 1.17 bits per heavy atom. The van der Waals surface area contributed by atoms with Gasteiger partial charge in [-0.05, 0) is 30.5 Å². The molecule has 2 N–H and O–H groups in total. The molecule has 18 heavy (non-hydrogen) atoms. The number of hydrogen-bond donors (Lipinski definition) is 1. The lowest BCUT2D eigenvalue weighted by molar-refractivity contribution is -0.138. The van der Waals surface area contributed by atoms with Crippen LogP contribution in [0.2, 0.25) is 0 Å². The first-order valence-electron chi connectivity index (χ1n) is 6.15. The van der Waals surface area contributed by atoms with Gasteiger partial charge in [-0.25, -0.2) is 0 Å². The highest BCUT2D eigenvalue weighted by Crippen LogP contribution is 2.19. The van der Waals surface area contributed by atoms with Gasteiger partial charge >= 0.3 is 0 Å². The average Bonchev–Trinajstić information content (AvgIpc) is 2.64. The molecule has 1 aliphatic rings. The van der Waals surface area contributed by atoms with Crippen LogP contribution in [0.5, 0.6) is 0 Å². The van der Waals surface area contributed by atoms with Gasteiger partial charge in [0.15, 0.2) is 0 Å². The van der Waals surface area contributed by atoms with E-state index in [-0.39, 0.29) is 24.4 Å². The van der Waals surface area contributed by atoms with E-state index >= 15 is 0 Å². The molecule has 0 aliphatic carbocycles. The van der Waals surface area contributed by atoms with Crippen LogP contribution in [-0.4, -0.2) is 23.3 Å². The summed E-state index contributed by atoms with van der Waals surface area (Å²) in [5.74, 6) is -0.224. The van der Waals surface area contributed by atoms with E-state index in [1.54, 1.807) is 0 Å². The number of imide groups is 1. The molecule has 0 radical (unpaired) electrons. The second kappa shape index (κ2) is 4.90. The van der Waals surface area contributed by atoms with Crippen LogP contribution in [0.4, 0.5) is 0 Å². The van der Waals surface area contributed by atoms with Crippen LogP contribution in [0.1, 0.15) is 35.6 Å². The van der Waals surface area contributed by atoms with E-state index in [9.17, 15) is 9.59 Å². The number of rotatable bonds is 3. The lowest BCUT2D eigenvalue weighted by Crippen LogP contribution is -2.36. The Labute approximate surface area is 107 Å². The van der Waals surface area contributed by atoms with Crippen LogP contribution in [0.25, 0.3) is 0 Å². The Morgan fingerprint density at radius 2 is 1.78 bits per heavy atom. The molecule has 2 amide bonds. The molecule has 96 valence electrons. The van der Waals surface area contributed by atoms with E-state index in [2.05, 4.69) is 0 Å². The van der Waals surface area contributed by atoms with Gasteiger partial charge in [0.05, 0.1) is 0 Å². The fourth-order valence-corrected chi connectivity index (χ4v) is 2.12. The lowest BCUT2D eigenvalue weighted by atomic mass is 10.0. The van der Waals surface area contributed by atoms with Crippen molar-refractivity contribution in [3.63, 3.8) is 0 Å². The number of carbonyl (C=O) groups excluding carboxylic acids is 2. The van der Waals surface area contributed by atoms with E-state index in [0.29, 0.717) is 12.8 Å². The molecular weight excluding hydrogens is 228 g/mol. The standard InChI is InChI=1S/C14H18N2O2/c1-9-3-4-11(7-10(9)2)12(15)8-16-13(17)5-6-14(16)18/h3-4,7,12H,5-6,8,15H2,1-2H3. The van der Waals surface area contributed by atoms with Crippen LogP contribution in [0.15, 0.2) is 18.2 Å². The summed E-state index contributed by atoms with van der Waals surface area (Å²) in [6, 6.07) is 5.68. The van der Waals surface area contributed by atoms with Crippen molar-refractivity contribution in [1.29, 1.82) is 0 Å². The smallest absolute Gasteiger partial charge is 0.229 e. The Bertz CT molecular complexity index is 481. The quantitative estimate of drug-likeness (QED) is 0.821. The second-order valence-corrected chi connectivity index (χ2v) is 4.85. The zero-order valence-electron chi connectivity index (χ0n) is 10.8. The van der Waals surface area contributed by atoms with Gasteiger partial charge in [0, 0.05) is 25.4 Å². The summed E-state index contributed by atoms with van der Waals surface area (Å²) in [5.41, 5.74) is 9.41. The number of aryl methyl sites for hydroxylation is 2. The fraction of sp³-hybridized carbons (Fsp3) is 0.429. The predicted molar refractivity (Wildman–Crippen MR) is 68.8 cm³/mol. The third-order valence-corrected chi connectivity index (χ3v) is 3.49. The van der Waals surface area contributed by atoms with Crippen molar-refractivity contribution in [3.8, 4) is 0 Å². The van der Waals surface area contributed by atoms with Crippen molar-refractivity contribution in [3.05, 3.63) is 34.9 Å². The fourth-order valence-electron chi connectivity index (χ4n) is 2.12. The molecule has 0 saturated carbocycles. The molecule has 4 nitrogen and oxygen atoms in total. The molecule has 1 aromatic carbocycles. The van der Waals surface area contributed by atoms with E-state index in [1.165, 1.54) is 16.0 Å². The Balaban J connectivity index is 2.11. The lowest BCUT2D eigenvalue weighted by Gasteiger charge is -2.20. The van der Waals surface area contributed by atoms with Gasteiger partial charge < -0.3 is 5.73 Å². The minimum absolute atomic E-state index is 0.112. The molecule has 0 aromatic heterocycles. The van der Waals surface area contributed by atoms with Crippen molar-refractivity contribution in [1.82, 2.24) is 4.90 Å². The molecule has 1 aliphatic heterocycles. The number of likely N-dealkylation sites (tertiary alicyclic amines) is 1. The number of nitrogens with two attached hydrogens (primary N) is 1. The Hall–Kier alpha value is -1.68. The van der Waals surface area contributed by atoms with Crippen LogP contribution in [0.3, 0.4) is 0 Å². The number of carbonyl (C=O) groups is 2. The summed E-state index contributed by atoms with van der Waals surface area (Å²) < 4.78 is 0. The number of benzene rings is 1. The zero-order valence-corrected chi connectivity index (χ0v) is 10.8. The summed E-state index contributed by atoms with van der Waals surface area (Å²) in [6.07, 6.45) is 0.636. The largest absolute Gasteiger partial charge is 0.322 e. The van der Waals surface area contributed by atoms with E-state index in [1.807, 2.05) is 32.0 Å². The maximum Gasteiger partial charge on any atom is 0.229 e. The third kappa shape index (κ3) is 2.43. The molecule has 0 spiro atoms. The zero-order chi connectivity index (χ0) is 13.3. The van der Waals surface area contributed by atoms with Gasteiger partial charge in [0.2, 0.25) is 11.8 Å². The van der Waals surface area contributed by atoms with Gasteiger partial charge in [0.1, 0.15) is 0 Å². The highest BCUT2D eigenvalue weighted by molar-refractivity contribution is 6.01. The molecular formula is C14H18N2O2. The number of hydrogen-bond acceptors (Lipinski definition) is 3. The van der Waals surface area contributed by atoms with Crippen LogP contribution in [0, 0.1) is 13.8 Å². The van der Waals surface area contributed by atoms with Gasteiger partial charge in [-0.1, -0.05) is 18.2 Å². The molecule has 1 heterocycles. The van der Waals surface area contributed by atoms with E-state index in [4.69, 9.17) is 5.73 Å². The highest BCUT2D eigenvalue weighted by atomic mass is 16.2. The van der Waals surface area contributed by atoms with Crippen molar-refractivity contribution in [2.45, 2.75) is 32.7 Å². The van der Waals surface area contributed by atoms with Crippen molar-refractivity contribution in [2.24, 2.45) is 5.73 Å². The van der Waals surface area contributed by atoms with E-state index < -0.39 is 0 Å². The Morgan fingerprint density at radius 3 is 2.33 bits per heavy atom. The number of amides is 2. The maximum absolute atomic E-state index is 11.5. The first-order valence-corrected chi connectivity index (χ1v) is 6.15. The van der Waals surface area contributed by atoms with Gasteiger partial charge in [-0.2, -0.15) is 0 Å². The molecule has 1 atom stereocenters. The summed E-state index contributed by atoms with van der Waals surface area (Å²) in [4.78, 5) is 24.3. The van der Waals surface area contributed by atoms with Crippen LogP contribution in [-0.2, 0) is 9.59 Å². The Kier molecular flexibility index (Phi) is 3.48. The minimum Gasteiger partial charge on any atom is -0.322 e. The summed E-state index contributed by atoms with van der Waals surface area (Å²) >= 11 is 0. The first-order chi connectivity index (χ1) is 8.49. The van der Waals surface area contributed by atoms with Crippen molar-refractivity contribution in [2.75, 3.05) is 6.54 Å². The van der Waals surface area contributed by atoms with Crippen molar-refractivity contribution >= 4 is 11.8 Å². The summed E-state index contributed by atoms with van der Waals surface area (Å²) in [6.45, 7) is 4.34. The molecule has 1 aromatic rings. The molecule has 2 rings (SSSR count). The molecule has 0 bridgehead atoms. The molecule has 1 saturated heterocycles. The predicted octanol–water partition coefficient (Wildman–Crippen LogP) is 1.45. The highest BCUT2D eigenvalue weighted by Gasteiger charge is 2.30. The summed E-state index contributed by atoms with van der Waals surface area (Å²) in [5, 5.41) is 0. The monoisotopic (exact) mass is 246 g/mol. The maximum atomic E-state index is 11.5. The average molecular weight is 246 g/mol. The molecule has 1 unspecified atom stereocenters. The van der Waals surface area contributed by atoms with Gasteiger partial charge in [0.25, 0.3) is 0 Å². The third-order valence-electron chi connectivity index (χ3n) is 3.49. The van der Waals surface area contributed by atoms with Crippen LogP contribution < -0.4 is 5.73 Å².